The van der Waals surface area contributed by atoms with Crippen LogP contribution < -0.4 is 0 Å². The van der Waals surface area contributed by atoms with Crippen LogP contribution in [0.2, 0.25) is 0 Å². The first kappa shape index (κ1) is 29.9. The highest BCUT2D eigenvalue weighted by atomic mass is 16.3. The van der Waals surface area contributed by atoms with E-state index >= 15 is 0 Å². The molecule has 0 saturated carbocycles. The molecule has 7 aromatic carbocycles. The summed E-state index contributed by atoms with van der Waals surface area (Å²) in [7, 11) is 0. The van der Waals surface area contributed by atoms with Crippen LogP contribution in [0, 0.1) is 0 Å². The van der Waals surface area contributed by atoms with Crippen molar-refractivity contribution in [3.05, 3.63) is 175 Å². The van der Waals surface area contributed by atoms with Crippen LogP contribution in [0.1, 0.15) is 25.0 Å². The molecule has 1 aliphatic carbocycles. The number of furan rings is 1. The van der Waals surface area contributed by atoms with E-state index in [1.807, 2.05) is 12.1 Å². The first-order valence-electron chi connectivity index (χ1n) is 18.2. The minimum absolute atomic E-state index is 0.276. The summed E-state index contributed by atoms with van der Waals surface area (Å²) >= 11 is 0. The van der Waals surface area contributed by atoms with Crippen molar-refractivity contribution in [2.24, 2.45) is 0 Å². The van der Waals surface area contributed by atoms with Crippen LogP contribution in [-0.2, 0) is 5.41 Å². The molecule has 0 radical (unpaired) electrons. The van der Waals surface area contributed by atoms with Gasteiger partial charge in [-0.3, -0.25) is 0 Å². The van der Waals surface area contributed by atoms with Crippen molar-refractivity contribution in [1.82, 2.24) is 14.5 Å². The predicted molar refractivity (Wildman–Crippen MR) is 218 cm³/mol. The molecule has 0 aliphatic heterocycles. The number of aromatic nitrogens is 3. The average molecular weight is 680 g/mol. The average Bonchev–Trinajstić information content (AvgIpc) is 3.83. The Morgan fingerprint density at radius 3 is 2.00 bits per heavy atom. The van der Waals surface area contributed by atoms with Gasteiger partial charge in [0.1, 0.15) is 11.2 Å². The van der Waals surface area contributed by atoms with Crippen molar-refractivity contribution in [3.8, 4) is 50.7 Å². The van der Waals surface area contributed by atoms with E-state index in [9.17, 15) is 0 Å². The lowest BCUT2D eigenvalue weighted by Crippen LogP contribution is -2.17. The van der Waals surface area contributed by atoms with Gasteiger partial charge in [0.2, 0.25) is 0 Å². The van der Waals surface area contributed by atoms with E-state index in [-0.39, 0.29) is 5.41 Å². The van der Waals surface area contributed by atoms with Gasteiger partial charge >= 0.3 is 0 Å². The smallest absolute Gasteiger partial charge is 0.160 e. The van der Waals surface area contributed by atoms with Crippen molar-refractivity contribution < 1.29 is 4.42 Å². The van der Waals surface area contributed by atoms with Gasteiger partial charge in [0.25, 0.3) is 0 Å². The molecular formula is C49H33N3O. The molecule has 0 N–H and O–H groups in total. The topological polar surface area (TPSA) is 43.9 Å². The van der Waals surface area contributed by atoms with Crippen molar-refractivity contribution >= 4 is 43.7 Å². The number of nitrogens with zero attached hydrogens (tertiary/aromatic N) is 3. The van der Waals surface area contributed by atoms with E-state index in [1.165, 1.54) is 38.5 Å². The quantitative estimate of drug-likeness (QED) is 0.186. The maximum atomic E-state index is 6.38. The second-order valence-corrected chi connectivity index (χ2v) is 14.6. The third-order valence-corrected chi connectivity index (χ3v) is 11.2. The second-order valence-electron chi connectivity index (χ2n) is 14.6. The number of hydrogen-bond acceptors (Lipinski definition) is 3. The molecule has 11 rings (SSSR count). The molecule has 0 bridgehead atoms. The lowest BCUT2D eigenvalue weighted by Gasteiger charge is -2.24. The number of hydrogen-bond donors (Lipinski definition) is 0. The van der Waals surface area contributed by atoms with Crippen LogP contribution in [0.15, 0.2) is 168 Å². The van der Waals surface area contributed by atoms with Gasteiger partial charge in [0, 0.05) is 60.5 Å². The Kier molecular flexibility index (Phi) is 6.27. The van der Waals surface area contributed by atoms with Gasteiger partial charge in [-0.05, 0) is 47.5 Å². The first-order chi connectivity index (χ1) is 26.0. The molecule has 4 heteroatoms. The van der Waals surface area contributed by atoms with E-state index in [0.717, 1.165) is 61.3 Å². The summed E-state index contributed by atoms with van der Waals surface area (Å²) in [6.45, 7) is 4.61. The summed E-state index contributed by atoms with van der Waals surface area (Å²) in [6.07, 6.45) is 0. The van der Waals surface area contributed by atoms with Gasteiger partial charge < -0.3 is 8.98 Å². The highest BCUT2D eigenvalue weighted by Gasteiger charge is 2.40. The molecule has 1 aliphatic rings. The largest absolute Gasteiger partial charge is 0.455 e. The summed E-state index contributed by atoms with van der Waals surface area (Å²) in [6, 6.07) is 58.0. The van der Waals surface area contributed by atoms with Crippen LogP contribution in [0.4, 0.5) is 0 Å². The molecule has 0 spiro atoms. The molecule has 0 unspecified atom stereocenters. The van der Waals surface area contributed by atoms with Gasteiger partial charge in [0.05, 0.1) is 22.4 Å². The summed E-state index contributed by atoms with van der Waals surface area (Å²) in [5, 5.41) is 4.68. The zero-order valence-corrected chi connectivity index (χ0v) is 29.3. The highest BCUT2D eigenvalue weighted by Crippen LogP contribution is 2.52. The second kappa shape index (κ2) is 11.1. The maximum absolute atomic E-state index is 6.38. The van der Waals surface area contributed by atoms with E-state index in [0.29, 0.717) is 5.82 Å². The predicted octanol–water partition coefficient (Wildman–Crippen LogP) is 12.8. The summed E-state index contributed by atoms with van der Waals surface area (Å²) in [4.78, 5) is 10.8. The molecule has 0 saturated heterocycles. The van der Waals surface area contributed by atoms with Crippen molar-refractivity contribution in [3.63, 3.8) is 0 Å². The maximum Gasteiger partial charge on any atom is 0.160 e. The molecule has 0 atom stereocenters. The van der Waals surface area contributed by atoms with Gasteiger partial charge in [0.15, 0.2) is 5.82 Å². The monoisotopic (exact) mass is 679 g/mol. The Balaban J connectivity index is 1.10. The number of fused-ring (bicyclic) bond motifs is 9. The van der Waals surface area contributed by atoms with E-state index in [2.05, 4.69) is 170 Å². The van der Waals surface area contributed by atoms with Crippen LogP contribution in [0.25, 0.3) is 94.5 Å². The molecule has 10 aromatic rings. The molecule has 4 nitrogen and oxygen atoms in total. The summed E-state index contributed by atoms with van der Waals surface area (Å²) < 4.78 is 8.74. The third-order valence-electron chi connectivity index (χ3n) is 11.2. The number of benzene rings is 7. The van der Waals surface area contributed by atoms with Crippen LogP contribution in [-0.4, -0.2) is 14.5 Å². The molecule has 3 heterocycles. The standard InChI is InChI=1S/C49H33N3O/c1-49(2)40-20-9-6-17-38(40)46-44(49)45(32-27-28-42-39(29-32)35-15-7-10-21-41(35)52(42)33-13-4-3-5-14-33)50-48(51-46)31-25-23-30(24-26-31)34-18-12-19-37-36-16-8-11-22-43(36)53-47(34)37/h3-29H,1-2H3. The first-order valence-corrected chi connectivity index (χ1v) is 18.2. The Morgan fingerprint density at radius 2 is 1.13 bits per heavy atom. The molecule has 53 heavy (non-hydrogen) atoms. The fourth-order valence-corrected chi connectivity index (χ4v) is 8.70. The van der Waals surface area contributed by atoms with Gasteiger partial charge in [-0.2, -0.15) is 0 Å². The lowest BCUT2D eigenvalue weighted by molar-refractivity contribution is 0.658. The Hall–Kier alpha value is -6.78. The fraction of sp³-hybridized carbons (Fsp3) is 0.0612. The summed E-state index contributed by atoms with van der Waals surface area (Å²) in [5.41, 5.74) is 14.8. The van der Waals surface area contributed by atoms with Gasteiger partial charge in [-0.15, -0.1) is 0 Å². The molecule has 0 amide bonds. The summed E-state index contributed by atoms with van der Waals surface area (Å²) in [5.74, 6) is 0.714. The number of rotatable bonds is 4. The van der Waals surface area contributed by atoms with Gasteiger partial charge in [-0.1, -0.05) is 141 Å². The molecule has 250 valence electrons. The van der Waals surface area contributed by atoms with Crippen molar-refractivity contribution in [1.29, 1.82) is 0 Å². The molecule has 0 fully saturated rings. The zero-order valence-electron chi connectivity index (χ0n) is 29.3. The fourth-order valence-electron chi connectivity index (χ4n) is 8.70. The minimum atomic E-state index is -0.276. The number of para-hydroxylation sites is 4. The van der Waals surface area contributed by atoms with Crippen LogP contribution in [0.5, 0.6) is 0 Å². The van der Waals surface area contributed by atoms with E-state index in [4.69, 9.17) is 14.4 Å². The SMILES string of the molecule is CC1(C)c2ccccc2-c2nc(-c3ccc(-c4cccc5c4oc4ccccc45)cc3)nc(-c3ccc4c(c3)c3ccccc3n4-c3ccccc3)c21. The van der Waals surface area contributed by atoms with Crippen LogP contribution in [0.3, 0.4) is 0 Å². The zero-order chi connectivity index (χ0) is 35.3. The van der Waals surface area contributed by atoms with Crippen molar-refractivity contribution in [2.75, 3.05) is 0 Å². The minimum Gasteiger partial charge on any atom is -0.455 e. The third kappa shape index (κ3) is 4.36. The van der Waals surface area contributed by atoms with E-state index in [1.54, 1.807) is 0 Å². The van der Waals surface area contributed by atoms with Crippen molar-refractivity contribution in [2.45, 2.75) is 19.3 Å². The Labute approximate surface area is 306 Å². The van der Waals surface area contributed by atoms with Gasteiger partial charge in [-0.25, -0.2) is 9.97 Å². The highest BCUT2D eigenvalue weighted by molar-refractivity contribution is 6.11. The lowest BCUT2D eigenvalue weighted by atomic mass is 9.80. The Bertz CT molecular complexity index is 3080. The van der Waals surface area contributed by atoms with E-state index < -0.39 is 0 Å². The Morgan fingerprint density at radius 1 is 0.491 bits per heavy atom. The molecular weight excluding hydrogens is 647 g/mol. The normalized spacial score (nSPS) is 13.2. The van der Waals surface area contributed by atoms with Crippen LogP contribution >= 0.6 is 0 Å². The molecule has 3 aromatic heterocycles.